The van der Waals surface area contributed by atoms with Crippen LogP contribution in [0.4, 0.5) is 0 Å². The van der Waals surface area contributed by atoms with Crippen LogP contribution in [0, 0.1) is 5.92 Å². The molecule has 0 heterocycles. The molecule has 1 fully saturated rings. The number of rotatable bonds is 13. The van der Waals surface area contributed by atoms with Gasteiger partial charge < -0.3 is 14.2 Å². The van der Waals surface area contributed by atoms with E-state index in [0.717, 1.165) is 11.5 Å². The summed E-state index contributed by atoms with van der Waals surface area (Å²) in [6.07, 6.45) is 14.5. The van der Waals surface area contributed by atoms with Gasteiger partial charge in [0, 0.05) is 0 Å². The largest absolute Gasteiger partial charge is 0.458 e. The molecule has 6 heteroatoms. The van der Waals surface area contributed by atoms with E-state index in [0.29, 0.717) is 28.4 Å². The van der Waals surface area contributed by atoms with Gasteiger partial charge in [0.15, 0.2) is 6.10 Å². The van der Waals surface area contributed by atoms with Gasteiger partial charge in [-0.05, 0) is 96.7 Å². The second-order valence-electron chi connectivity index (χ2n) is 12.1. The zero-order chi connectivity index (χ0) is 32.3. The molecule has 1 saturated carbocycles. The molecule has 0 amide bonds. The number of benzene rings is 3. The van der Waals surface area contributed by atoms with Crippen LogP contribution < -0.4 is 4.74 Å². The van der Waals surface area contributed by atoms with Crippen LogP contribution in [0.3, 0.4) is 0 Å². The van der Waals surface area contributed by atoms with Crippen LogP contribution in [-0.2, 0) is 14.3 Å². The molecule has 6 nitrogen and oxygen atoms in total. The van der Waals surface area contributed by atoms with Crippen LogP contribution in [0.15, 0.2) is 115 Å². The van der Waals surface area contributed by atoms with E-state index in [2.05, 4.69) is 25.6 Å². The van der Waals surface area contributed by atoms with Gasteiger partial charge in [-0.2, -0.15) is 0 Å². The molecule has 3 aromatic carbocycles. The molecular formula is C40H42O6. The number of carbonyl (C=O) groups excluding carboxylic acids is 3. The molecule has 0 saturated heterocycles. The summed E-state index contributed by atoms with van der Waals surface area (Å²) >= 11 is 0. The van der Waals surface area contributed by atoms with Crippen molar-refractivity contribution in [3.63, 3.8) is 0 Å². The molecule has 46 heavy (non-hydrogen) atoms. The summed E-state index contributed by atoms with van der Waals surface area (Å²) < 4.78 is 16.9. The Bertz CT molecular complexity index is 1560. The van der Waals surface area contributed by atoms with Gasteiger partial charge >= 0.3 is 17.9 Å². The summed E-state index contributed by atoms with van der Waals surface area (Å²) in [5.41, 5.74) is 3.70. The number of allylic oxidation sites excluding steroid dienone is 3. The van der Waals surface area contributed by atoms with Gasteiger partial charge in [0.25, 0.3) is 0 Å². The fourth-order valence-corrected chi connectivity index (χ4v) is 6.13. The molecule has 0 aromatic heterocycles. The zero-order valence-electron chi connectivity index (χ0n) is 26.5. The Hall–Kier alpha value is -4.71. The molecule has 2 aliphatic rings. The first kappa shape index (κ1) is 32.7. The monoisotopic (exact) mass is 618 g/mol. The lowest BCUT2D eigenvalue weighted by Crippen LogP contribution is -2.19. The highest BCUT2D eigenvalue weighted by Gasteiger charge is 2.24. The molecule has 0 spiro atoms. The van der Waals surface area contributed by atoms with Crippen molar-refractivity contribution in [1.29, 1.82) is 0 Å². The highest BCUT2D eigenvalue weighted by molar-refractivity contribution is 5.97. The first-order chi connectivity index (χ1) is 22.4. The summed E-state index contributed by atoms with van der Waals surface area (Å²) in [5.74, 6) is 0.0933. The smallest absolute Gasteiger partial charge is 0.344 e. The SMILES string of the molecule is C=C1C=CC=C1C(=O)Oc1ccc(C(=O)OCC(OC(=O)c2ccc(C3CCC(CCCCC)CC3)cc2)c2ccccc2)cc1. The number of carbonyl (C=O) groups is 3. The maximum atomic E-state index is 13.2. The molecule has 0 bridgehead atoms. The minimum atomic E-state index is -0.790. The first-order valence-corrected chi connectivity index (χ1v) is 16.3. The first-order valence-electron chi connectivity index (χ1n) is 16.3. The Balaban J connectivity index is 1.15. The van der Waals surface area contributed by atoms with Crippen LogP contribution in [-0.4, -0.2) is 24.5 Å². The summed E-state index contributed by atoms with van der Waals surface area (Å²) in [4.78, 5) is 38.5. The Labute approximate surface area is 271 Å². The van der Waals surface area contributed by atoms with Crippen LogP contribution in [0.1, 0.15) is 102 Å². The van der Waals surface area contributed by atoms with Crippen molar-refractivity contribution in [2.24, 2.45) is 5.92 Å². The predicted octanol–water partition coefficient (Wildman–Crippen LogP) is 9.25. The molecule has 1 atom stereocenters. The van der Waals surface area contributed by atoms with Crippen LogP contribution >= 0.6 is 0 Å². The van der Waals surface area contributed by atoms with E-state index < -0.39 is 24.0 Å². The zero-order valence-corrected chi connectivity index (χ0v) is 26.5. The highest BCUT2D eigenvalue weighted by Crippen LogP contribution is 2.38. The van der Waals surface area contributed by atoms with Crippen LogP contribution in [0.25, 0.3) is 0 Å². The number of unbranched alkanes of at least 4 members (excludes halogenated alkanes) is 2. The molecule has 1 unspecified atom stereocenters. The lowest BCUT2D eigenvalue weighted by molar-refractivity contribution is -0.129. The van der Waals surface area contributed by atoms with E-state index in [1.165, 1.54) is 81.2 Å². The van der Waals surface area contributed by atoms with Crippen molar-refractivity contribution in [2.75, 3.05) is 6.61 Å². The third-order valence-corrected chi connectivity index (χ3v) is 8.89. The molecule has 5 rings (SSSR count). The quantitative estimate of drug-likeness (QED) is 0.108. The average Bonchev–Trinajstić information content (AvgIpc) is 3.53. The van der Waals surface area contributed by atoms with E-state index in [-0.39, 0.29) is 12.2 Å². The van der Waals surface area contributed by atoms with Gasteiger partial charge in [-0.25, -0.2) is 14.4 Å². The van der Waals surface area contributed by atoms with E-state index in [4.69, 9.17) is 14.2 Å². The number of hydrogen-bond donors (Lipinski definition) is 0. The fraction of sp³-hybridized carbons (Fsp3) is 0.325. The summed E-state index contributed by atoms with van der Waals surface area (Å²) in [6, 6.07) is 23.1. The third-order valence-electron chi connectivity index (χ3n) is 8.89. The van der Waals surface area contributed by atoms with E-state index in [1.54, 1.807) is 18.2 Å². The van der Waals surface area contributed by atoms with Crippen molar-refractivity contribution in [2.45, 2.75) is 70.3 Å². The van der Waals surface area contributed by atoms with Crippen molar-refractivity contribution in [3.8, 4) is 5.75 Å². The fourth-order valence-electron chi connectivity index (χ4n) is 6.13. The predicted molar refractivity (Wildman–Crippen MR) is 179 cm³/mol. The Morgan fingerprint density at radius 1 is 0.804 bits per heavy atom. The lowest BCUT2D eigenvalue weighted by atomic mass is 9.77. The molecule has 0 radical (unpaired) electrons. The van der Waals surface area contributed by atoms with E-state index in [9.17, 15) is 14.4 Å². The second kappa shape index (κ2) is 16.0. The number of hydrogen-bond acceptors (Lipinski definition) is 6. The second-order valence-corrected chi connectivity index (χ2v) is 12.1. The summed E-state index contributed by atoms with van der Waals surface area (Å²) in [7, 11) is 0. The van der Waals surface area contributed by atoms with Gasteiger partial charge in [-0.1, -0.05) is 93.8 Å². The highest BCUT2D eigenvalue weighted by atomic mass is 16.6. The van der Waals surface area contributed by atoms with Gasteiger partial charge in [0.1, 0.15) is 12.4 Å². The summed E-state index contributed by atoms with van der Waals surface area (Å²) in [5, 5.41) is 0. The normalized spacial score (nSPS) is 18.0. The van der Waals surface area contributed by atoms with Crippen LogP contribution in [0.2, 0.25) is 0 Å². The maximum Gasteiger partial charge on any atom is 0.344 e. The Kier molecular flexibility index (Phi) is 11.4. The van der Waals surface area contributed by atoms with Crippen molar-refractivity contribution >= 4 is 17.9 Å². The standard InChI is InChI=1S/C40H42O6/c1-3-4-6-11-29-15-17-30(18-16-29)31-19-21-34(22-20-31)39(42)46-37(32-12-7-5-8-13-32)27-44-38(41)33-23-25-35(26-24-33)45-40(43)36-14-9-10-28(36)2/h5,7-10,12-14,19-26,29-30,37H,2-4,6,11,15-18,27H2,1H3. The van der Waals surface area contributed by atoms with Crippen LogP contribution in [0.5, 0.6) is 5.75 Å². The van der Waals surface area contributed by atoms with Gasteiger partial charge in [-0.15, -0.1) is 0 Å². The van der Waals surface area contributed by atoms with Crippen molar-refractivity contribution in [1.82, 2.24) is 0 Å². The summed E-state index contributed by atoms with van der Waals surface area (Å²) in [6.45, 7) is 5.91. The topological polar surface area (TPSA) is 78.9 Å². The van der Waals surface area contributed by atoms with Gasteiger partial charge in [0.2, 0.25) is 0 Å². The van der Waals surface area contributed by atoms with Crippen molar-refractivity contribution < 1.29 is 28.6 Å². The lowest BCUT2D eigenvalue weighted by Gasteiger charge is -2.29. The molecule has 0 aliphatic heterocycles. The Morgan fingerprint density at radius 3 is 2.13 bits per heavy atom. The number of ether oxygens (including phenoxy) is 3. The van der Waals surface area contributed by atoms with E-state index >= 15 is 0 Å². The minimum absolute atomic E-state index is 0.159. The van der Waals surface area contributed by atoms with E-state index in [1.807, 2.05) is 42.5 Å². The molecular weight excluding hydrogens is 576 g/mol. The van der Waals surface area contributed by atoms with Gasteiger partial charge in [0.05, 0.1) is 16.7 Å². The average molecular weight is 619 g/mol. The minimum Gasteiger partial charge on any atom is -0.458 e. The third kappa shape index (κ3) is 8.72. The maximum absolute atomic E-state index is 13.2. The molecule has 3 aromatic rings. The molecule has 2 aliphatic carbocycles. The Morgan fingerprint density at radius 2 is 1.48 bits per heavy atom. The molecule has 0 N–H and O–H groups in total. The molecule has 238 valence electrons. The van der Waals surface area contributed by atoms with Gasteiger partial charge in [-0.3, -0.25) is 0 Å². The van der Waals surface area contributed by atoms with Crippen molar-refractivity contribution in [3.05, 3.63) is 137 Å². The number of esters is 3.